The van der Waals surface area contributed by atoms with Crippen LogP contribution >= 0.6 is 0 Å². The molecule has 1 aliphatic rings. The monoisotopic (exact) mass is 294 g/mol. The average Bonchev–Trinajstić information content (AvgIpc) is 3.04. The highest BCUT2D eigenvalue weighted by Crippen LogP contribution is 2.44. The maximum absolute atomic E-state index is 5.79. The fraction of sp³-hybridized carbons (Fsp3) is 0.625. The molecular weight excluding hydrogens is 268 g/mol. The number of ether oxygens (including phenoxy) is 3. The van der Waals surface area contributed by atoms with Crippen LogP contribution in [0.25, 0.3) is 0 Å². The van der Waals surface area contributed by atoms with Crippen LogP contribution in [0.15, 0.2) is 12.1 Å². The Morgan fingerprint density at radius 1 is 1.10 bits per heavy atom. The van der Waals surface area contributed by atoms with Gasteiger partial charge in [-0.15, -0.1) is 0 Å². The molecule has 0 amide bonds. The van der Waals surface area contributed by atoms with Crippen molar-refractivity contribution in [3.05, 3.63) is 17.7 Å². The van der Waals surface area contributed by atoms with Gasteiger partial charge in [0.25, 0.3) is 0 Å². The largest absolute Gasteiger partial charge is 0.493 e. The molecule has 1 saturated carbocycles. The third kappa shape index (κ3) is 3.41. The second-order valence-electron chi connectivity index (χ2n) is 5.53. The van der Waals surface area contributed by atoms with Crippen LogP contribution in [0.4, 0.5) is 0 Å². The average molecular weight is 294 g/mol. The summed E-state index contributed by atoms with van der Waals surface area (Å²) >= 11 is 0. The zero-order valence-electron chi connectivity index (χ0n) is 13.1. The fourth-order valence-corrected chi connectivity index (χ4v) is 3.26. The van der Waals surface area contributed by atoms with Gasteiger partial charge >= 0.3 is 0 Å². The Hall–Kier alpha value is -1.46. The van der Waals surface area contributed by atoms with E-state index in [4.69, 9.17) is 20.1 Å². The van der Waals surface area contributed by atoms with Crippen LogP contribution < -0.4 is 25.5 Å². The van der Waals surface area contributed by atoms with Crippen molar-refractivity contribution in [1.29, 1.82) is 0 Å². The zero-order chi connectivity index (χ0) is 15.2. The molecule has 0 heterocycles. The fourth-order valence-electron chi connectivity index (χ4n) is 3.26. The third-order valence-corrected chi connectivity index (χ3v) is 4.36. The van der Waals surface area contributed by atoms with Crippen LogP contribution in [0.1, 0.15) is 43.7 Å². The Morgan fingerprint density at radius 3 is 2.29 bits per heavy atom. The lowest BCUT2D eigenvalue weighted by Gasteiger charge is -2.24. The van der Waals surface area contributed by atoms with Gasteiger partial charge in [0.2, 0.25) is 5.75 Å². The molecule has 1 aromatic carbocycles. The molecule has 2 rings (SSSR count). The number of rotatable bonds is 7. The summed E-state index contributed by atoms with van der Waals surface area (Å²) in [5.74, 6) is 8.49. The summed E-state index contributed by atoms with van der Waals surface area (Å²) in [6.07, 6.45) is 6.24. The molecule has 0 radical (unpaired) electrons. The third-order valence-electron chi connectivity index (χ3n) is 4.36. The van der Waals surface area contributed by atoms with Gasteiger partial charge in [0, 0.05) is 5.56 Å². The quantitative estimate of drug-likeness (QED) is 0.598. The molecule has 1 aromatic rings. The highest BCUT2D eigenvalue weighted by molar-refractivity contribution is 5.56. The Bertz CT molecular complexity index is 459. The van der Waals surface area contributed by atoms with E-state index >= 15 is 0 Å². The standard InChI is InChI=1S/C16H26N2O3/c1-19-14-9-8-12(15(20-2)16(14)21-3)13(18-17)10-11-6-4-5-7-11/h8-9,11,13,18H,4-7,10,17H2,1-3H3. The molecule has 0 bridgehead atoms. The molecule has 0 saturated heterocycles. The van der Waals surface area contributed by atoms with Gasteiger partial charge in [-0.25, -0.2) is 0 Å². The lowest BCUT2D eigenvalue weighted by molar-refractivity contribution is 0.314. The minimum Gasteiger partial charge on any atom is -0.493 e. The number of methoxy groups -OCH3 is 3. The van der Waals surface area contributed by atoms with Crippen molar-refractivity contribution >= 4 is 0 Å². The summed E-state index contributed by atoms with van der Waals surface area (Å²) in [6, 6.07) is 3.96. The van der Waals surface area contributed by atoms with Crippen LogP contribution in [0, 0.1) is 5.92 Å². The summed E-state index contributed by atoms with van der Waals surface area (Å²) in [6.45, 7) is 0. The second-order valence-corrected chi connectivity index (χ2v) is 5.53. The summed E-state index contributed by atoms with van der Waals surface area (Å²) in [5, 5.41) is 0. The second kappa shape index (κ2) is 7.52. The molecule has 1 fully saturated rings. The number of benzene rings is 1. The smallest absolute Gasteiger partial charge is 0.203 e. The minimum atomic E-state index is 0.0582. The SMILES string of the molecule is COc1ccc(C(CC2CCCC2)NN)c(OC)c1OC. The van der Waals surface area contributed by atoms with Gasteiger partial charge in [-0.05, 0) is 24.5 Å². The number of nitrogens with one attached hydrogen (secondary N) is 1. The van der Waals surface area contributed by atoms with Crippen LogP contribution in [-0.4, -0.2) is 21.3 Å². The molecular formula is C16H26N2O3. The van der Waals surface area contributed by atoms with E-state index in [1.807, 2.05) is 12.1 Å². The topological polar surface area (TPSA) is 65.7 Å². The van der Waals surface area contributed by atoms with Crippen LogP contribution in [-0.2, 0) is 0 Å². The molecule has 21 heavy (non-hydrogen) atoms. The lowest BCUT2D eigenvalue weighted by atomic mass is 9.93. The highest BCUT2D eigenvalue weighted by atomic mass is 16.5. The van der Waals surface area contributed by atoms with Gasteiger partial charge in [-0.1, -0.05) is 25.7 Å². The van der Waals surface area contributed by atoms with Gasteiger partial charge in [-0.2, -0.15) is 0 Å². The summed E-state index contributed by atoms with van der Waals surface area (Å²) in [7, 11) is 4.88. The molecule has 1 unspecified atom stereocenters. The zero-order valence-corrected chi connectivity index (χ0v) is 13.1. The molecule has 1 aliphatic carbocycles. The van der Waals surface area contributed by atoms with Gasteiger partial charge in [0.1, 0.15) is 0 Å². The van der Waals surface area contributed by atoms with Crippen molar-refractivity contribution in [2.75, 3.05) is 21.3 Å². The first-order valence-electron chi connectivity index (χ1n) is 7.50. The predicted molar refractivity (Wildman–Crippen MR) is 82.7 cm³/mol. The van der Waals surface area contributed by atoms with Crippen LogP contribution in [0.2, 0.25) is 0 Å². The van der Waals surface area contributed by atoms with E-state index in [1.54, 1.807) is 21.3 Å². The molecule has 0 spiro atoms. The predicted octanol–water partition coefficient (Wildman–Crippen LogP) is 2.80. The van der Waals surface area contributed by atoms with Gasteiger partial charge in [-0.3, -0.25) is 11.3 Å². The van der Waals surface area contributed by atoms with Crippen molar-refractivity contribution in [2.24, 2.45) is 11.8 Å². The minimum absolute atomic E-state index is 0.0582. The molecule has 5 heteroatoms. The molecule has 0 aromatic heterocycles. The van der Waals surface area contributed by atoms with E-state index in [-0.39, 0.29) is 6.04 Å². The summed E-state index contributed by atoms with van der Waals surface area (Å²) in [4.78, 5) is 0. The summed E-state index contributed by atoms with van der Waals surface area (Å²) < 4.78 is 16.3. The van der Waals surface area contributed by atoms with Gasteiger partial charge in [0.15, 0.2) is 11.5 Å². The van der Waals surface area contributed by atoms with E-state index in [0.29, 0.717) is 17.2 Å². The number of hydrazine groups is 1. The van der Waals surface area contributed by atoms with Crippen molar-refractivity contribution in [2.45, 2.75) is 38.1 Å². The van der Waals surface area contributed by atoms with Crippen molar-refractivity contribution in [1.82, 2.24) is 5.43 Å². The number of hydrogen-bond acceptors (Lipinski definition) is 5. The van der Waals surface area contributed by atoms with E-state index in [0.717, 1.165) is 17.9 Å². The van der Waals surface area contributed by atoms with E-state index < -0.39 is 0 Å². The van der Waals surface area contributed by atoms with E-state index in [1.165, 1.54) is 25.7 Å². The molecule has 5 nitrogen and oxygen atoms in total. The maximum atomic E-state index is 5.79. The number of hydrogen-bond donors (Lipinski definition) is 2. The Kier molecular flexibility index (Phi) is 5.70. The van der Waals surface area contributed by atoms with E-state index in [9.17, 15) is 0 Å². The van der Waals surface area contributed by atoms with Crippen molar-refractivity contribution < 1.29 is 14.2 Å². The first-order valence-corrected chi connectivity index (χ1v) is 7.50. The van der Waals surface area contributed by atoms with Crippen molar-refractivity contribution in [3.63, 3.8) is 0 Å². The summed E-state index contributed by atoms with van der Waals surface area (Å²) in [5.41, 5.74) is 3.95. The Balaban J connectivity index is 2.30. The van der Waals surface area contributed by atoms with Crippen molar-refractivity contribution in [3.8, 4) is 17.2 Å². The normalized spacial score (nSPS) is 16.8. The van der Waals surface area contributed by atoms with Crippen LogP contribution in [0.5, 0.6) is 17.2 Å². The maximum Gasteiger partial charge on any atom is 0.203 e. The molecule has 1 atom stereocenters. The number of nitrogens with two attached hydrogens (primary N) is 1. The molecule has 118 valence electrons. The van der Waals surface area contributed by atoms with Gasteiger partial charge < -0.3 is 14.2 Å². The van der Waals surface area contributed by atoms with Gasteiger partial charge in [0.05, 0.1) is 27.4 Å². The lowest BCUT2D eigenvalue weighted by Crippen LogP contribution is -2.29. The Labute approximate surface area is 126 Å². The molecule has 0 aliphatic heterocycles. The molecule has 3 N–H and O–H groups in total. The highest BCUT2D eigenvalue weighted by Gasteiger charge is 2.25. The first-order chi connectivity index (χ1) is 10.2. The van der Waals surface area contributed by atoms with Crippen LogP contribution in [0.3, 0.4) is 0 Å². The Morgan fingerprint density at radius 2 is 1.76 bits per heavy atom. The first kappa shape index (κ1) is 15.9. The van der Waals surface area contributed by atoms with E-state index in [2.05, 4.69) is 5.43 Å².